The third-order valence-corrected chi connectivity index (χ3v) is 2.80. The van der Waals surface area contributed by atoms with Crippen LogP contribution in [0.3, 0.4) is 0 Å². The highest BCUT2D eigenvalue weighted by Crippen LogP contribution is 2.28. The molecule has 0 aromatic carbocycles. The second-order valence-electron chi connectivity index (χ2n) is 2.65. The molecule has 2 nitrogen and oxygen atoms in total. The molecular weight excluding hydrogens is 225 g/mol. The van der Waals surface area contributed by atoms with Gasteiger partial charge in [0.1, 0.15) is 10.7 Å². The fourth-order valence-corrected chi connectivity index (χ4v) is 1.96. The van der Waals surface area contributed by atoms with Crippen LogP contribution in [0, 0.1) is 5.82 Å². The van der Waals surface area contributed by atoms with Crippen molar-refractivity contribution in [3.8, 4) is 10.6 Å². The molecule has 14 heavy (non-hydrogen) atoms. The summed E-state index contributed by atoms with van der Waals surface area (Å²) in [6.45, 7) is 0. The number of alkyl halides is 1. The lowest BCUT2D eigenvalue weighted by atomic mass is 10.4. The van der Waals surface area contributed by atoms with Crippen LogP contribution in [0.5, 0.6) is 0 Å². The number of aryl methyl sites for hydroxylation is 1. The lowest BCUT2D eigenvalue weighted by Gasteiger charge is -1.90. The van der Waals surface area contributed by atoms with Crippen LogP contribution < -0.4 is 0 Å². The van der Waals surface area contributed by atoms with Crippen LogP contribution in [0.15, 0.2) is 22.1 Å². The average molecular weight is 232 g/mol. The van der Waals surface area contributed by atoms with E-state index in [1.165, 1.54) is 23.6 Å². The number of hydrogen-bond acceptors (Lipinski definition) is 3. The Morgan fingerprint density at radius 1 is 1.57 bits per heavy atom. The summed E-state index contributed by atoms with van der Waals surface area (Å²) in [6, 6.07) is 1.41. The van der Waals surface area contributed by atoms with Crippen molar-refractivity contribution in [2.75, 3.05) is 5.88 Å². The number of aromatic nitrogens is 1. The molecule has 0 bridgehead atoms. The van der Waals surface area contributed by atoms with Gasteiger partial charge >= 0.3 is 0 Å². The van der Waals surface area contributed by atoms with Crippen molar-refractivity contribution in [3.63, 3.8) is 0 Å². The highest BCUT2D eigenvalue weighted by atomic mass is 35.5. The van der Waals surface area contributed by atoms with E-state index in [0.29, 0.717) is 28.8 Å². The molecule has 74 valence electrons. The van der Waals surface area contributed by atoms with Gasteiger partial charge in [0.25, 0.3) is 0 Å². The van der Waals surface area contributed by atoms with Gasteiger partial charge in [-0.15, -0.1) is 22.9 Å². The van der Waals surface area contributed by atoms with Gasteiger partial charge in [-0.25, -0.2) is 9.37 Å². The molecule has 0 aliphatic heterocycles. The number of rotatable bonds is 3. The largest absolute Gasteiger partial charge is 0.440 e. The summed E-state index contributed by atoms with van der Waals surface area (Å²) < 4.78 is 18.5. The first kappa shape index (κ1) is 9.68. The minimum absolute atomic E-state index is 0.274. The summed E-state index contributed by atoms with van der Waals surface area (Å²) >= 11 is 6.82. The first-order valence-corrected chi connectivity index (χ1v) is 5.46. The average Bonchev–Trinajstić information content (AvgIpc) is 2.74. The Balaban J connectivity index is 2.29. The van der Waals surface area contributed by atoms with E-state index in [1.54, 1.807) is 5.38 Å². The topological polar surface area (TPSA) is 26.0 Å². The van der Waals surface area contributed by atoms with Gasteiger partial charge in [0, 0.05) is 12.3 Å². The molecule has 5 heteroatoms. The normalized spacial score (nSPS) is 10.7. The lowest BCUT2D eigenvalue weighted by Crippen LogP contribution is -1.83. The Labute approximate surface area is 89.3 Å². The van der Waals surface area contributed by atoms with Crippen LogP contribution in [0.4, 0.5) is 4.39 Å². The molecule has 2 aromatic rings. The Hall–Kier alpha value is -0.870. The molecule has 2 rings (SSSR count). The van der Waals surface area contributed by atoms with E-state index in [-0.39, 0.29) is 5.82 Å². The van der Waals surface area contributed by atoms with Gasteiger partial charge in [0.2, 0.25) is 0 Å². The first-order chi connectivity index (χ1) is 6.81. The molecule has 0 amide bonds. The van der Waals surface area contributed by atoms with E-state index < -0.39 is 0 Å². The van der Waals surface area contributed by atoms with Gasteiger partial charge in [-0.1, -0.05) is 0 Å². The highest BCUT2D eigenvalue weighted by molar-refractivity contribution is 7.13. The number of thiophene rings is 1. The Kier molecular flexibility index (Phi) is 2.84. The van der Waals surface area contributed by atoms with E-state index in [4.69, 9.17) is 16.0 Å². The molecule has 0 saturated carbocycles. The molecule has 0 radical (unpaired) electrons. The molecule has 2 aromatic heterocycles. The molecule has 0 saturated heterocycles. The van der Waals surface area contributed by atoms with E-state index in [1.807, 2.05) is 0 Å². The third-order valence-electron chi connectivity index (χ3n) is 1.70. The maximum Gasteiger partial charge on any atom is 0.196 e. The van der Waals surface area contributed by atoms with Crippen molar-refractivity contribution in [2.45, 2.75) is 6.42 Å². The van der Waals surface area contributed by atoms with Gasteiger partial charge < -0.3 is 4.42 Å². The molecular formula is C9H7ClFNOS. The van der Waals surface area contributed by atoms with Crippen molar-refractivity contribution in [3.05, 3.63) is 29.4 Å². The fourth-order valence-electron chi connectivity index (χ4n) is 1.08. The van der Waals surface area contributed by atoms with Crippen molar-refractivity contribution < 1.29 is 8.81 Å². The molecule has 0 aliphatic rings. The van der Waals surface area contributed by atoms with E-state index in [0.717, 1.165) is 0 Å². The van der Waals surface area contributed by atoms with Crippen LogP contribution in [0.2, 0.25) is 0 Å². The Morgan fingerprint density at radius 3 is 3.07 bits per heavy atom. The molecule has 0 fully saturated rings. The predicted octanol–water partition coefficient (Wildman–Crippen LogP) is 3.32. The van der Waals surface area contributed by atoms with Crippen LogP contribution in [-0.4, -0.2) is 10.9 Å². The molecule has 2 heterocycles. The number of nitrogens with zero attached hydrogens (tertiary/aromatic N) is 1. The lowest BCUT2D eigenvalue weighted by molar-refractivity contribution is 0.512. The minimum Gasteiger partial charge on any atom is -0.440 e. The quantitative estimate of drug-likeness (QED) is 0.758. The number of halogens is 2. The van der Waals surface area contributed by atoms with Gasteiger partial charge in [-0.05, 0) is 11.4 Å². The number of hydrogen-bond donors (Lipinski definition) is 0. The second-order valence-corrected chi connectivity index (χ2v) is 3.95. The second kappa shape index (κ2) is 4.11. The summed E-state index contributed by atoms with van der Waals surface area (Å²) in [5, 5.41) is 1.68. The summed E-state index contributed by atoms with van der Waals surface area (Å²) in [4.78, 5) is 4.48. The fraction of sp³-hybridized carbons (Fsp3) is 0.222. The predicted molar refractivity (Wildman–Crippen MR) is 54.2 cm³/mol. The van der Waals surface area contributed by atoms with Crippen molar-refractivity contribution in [1.29, 1.82) is 0 Å². The summed E-state index contributed by atoms with van der Waals surface area (Å²) in [5.74, 6) is 1.19. The van der Waals surface area contributed by atoms with Crippen molar-refractivity contribution in [1.82, 2.24) is 4.98 Å². The van der Waals surface area contributed by atoms with Gasteiger partial charge in [-0.3, -0.25) is 0 Å². The maximum atomic E-state index is 13.1. The van der Waals surface area contributed by atoms with Crippen molar-refractivity contribution in [2.24, 2.45) is 0 Å². The zero-order valence-corrected chi connectivity index (χ0v) is 8.74. The van der Waals surface area contributed by atoms with E-state index in [9.17, 15) is 4.39 Å². The minimum atomic E-state index is -0.274. The third kappa shape index (κ3) is 1.81. The van der Waals surface area contributed by atoms with Gasteiger partial charge in [0.05, 0.1) is 6.20 Å². The Morgan fingerprint density at radius 2 is 2.43 bits per heavy atom. The highest BCUT2D eigenvalue weighted by Gasteiger charge is 2.11. The number of oxazole rings is 1. The van der Waals surface area contributed by atoms with Gasteiger partial charge in [0.15, 0.2) is 11.7 Å². The molecule has 0 aliphatic carbocycles. The van der Waals surface area contributed by atoms with Crippen LogP contribution in [0.25, 0.3) is 10.6 Å². The van der Waals surface area contributed by atoms with Crippen LogP contribution in [0.1, 0.15) is 5.89 Å². The van der Waals surface area contributed by atoms with E-state index >= 15 is 0 Å². The SMILES string of the molecule is Fc1ccsc1-c1cnc(CCCl)o1. The maximum absolute atomic E-state index is 13.1. The Bertz CT molecular complexity index is 426. The van der Waals surface area contributed by atoms with E-state index in [2.05, 4.69) is 4.98 Å². The zero-order chi connectivity index (χ0) is 9.97. The van der Waals surface area contributed by atoms with Crippen LogP contribution in [-0.2, 0) is 6.42 Å². The standard InChI is InChI=1S/C9H7ClFNOS/c10-3-1-8-12-5-7(13-8)9-6(11)2-4-14-9/h2,4-5H,1,3H2. The molecule has 0 unspecified atom stereocenters. The molecule has 0 atom stereocenters. The first-order valence-electron chi connectivity index (χ1n) is 4.05. The summed E-state index contributed by atoms with van der Waals surface area (Å²) in [5.41, 5.74) is 0. The van der Waals surface area contributed by atoms with Crippen molar-refractivity contribution >= 4 is 22.9 Å². The van der Waals surface area contributed by atoms with Gasteiger partial charge in [-0.2, -0.15) is 0 Å². The monoisotopic (exact) mass is 231 g/mol. The van der Waals surface area contributed by atoms with Crippen LogP contribution >= 0.6 is 22.9 Å². The smallest absolute Gasteiger partial charge is 0.196 e. The summed E-state index contributed by atoms with van der Waals surface area (Å²) in [7, 11) is 0. The zero-order valence-electron chi connectivity index (χ0n) is 7.17. The molecule has 0 spiro atoms. The molecule has 0 N–H and O–H groups in total. The summed E-state index contributed by atoms with van der Waals surface area (Å²) in [6.07, 6.45) is 2.09.